The molecule has 1 heteroatoms. The lowest BCUT2D eigenvalue weighted by molar-refractivity contribution is 0.515. The number of thiophene rings is 1. The quantitative estimate of drug-likeness (QED) is 0.589. The Labute approximate surface area is 128 Å². The Balaban J connectivity index is 2.38. The molecule has 0 aliphatic heterocycles. The van der Waals surface area contributed by atoms with E-state index >= 15 is 0 Å². The molecule has 0 fully saturated rings. The zero-order valence-electron chi connectivity index (χ0n) is 13.7. The first-order chi connectivity index (χ1) is 9.56. The smallest absolute Gasteiger partial charge is 0.00922 e. The van der Waals surface area contributed by atoms with E-state index in [9.17, 15) is 0 Å². The summed E-state index contributed by atoms with van der Waals surface area (Å²) in [5.74, 6) is 0.867. The van der Waals surface area contributed by atoms with Crippen LogP contribution in [0.2, 0.25) is 0 Å². The molecule has 0 saturated heterocycles. The fourth-order valence-corrected chi connectivity index (χ4v) is 4.26. The predicted molar refractivity (Wildman–Crippen MR) is 92.4 cm³/mol. The second-order valence-corrected chi connectivity index (χ2v) is 7.44. The average Bonchev–Trinajstić information content (AvgIpc) is 2.83. The van der Waals surface area contributed by atoms with Crippen molar-refractivity contribution in [1.29, 1.82) is 0 Å². The van der Waals surface area contributed by atoms with Crippen molar-refractivity contribution in [2.45, 2.75) is 66.7 Å². The summed E-state index contributed by atoms with van der Waals surface area (Å²) in [7, 11) is 0. The van der Waals surface area contributed by atoms with Crippen LogP contribution in [-0.2, 0) is 6.42 Å². The maximum Gasteiger partial charge on any atom is 0.00922 e. The summed E-state index contributed by atoms with van der Waals surface area (Å²) in [6.07, 6.45) is 8.69. The Hall–Kier alpha value is -0.820. The molecule has 20 heavy (non-hydrogen) atoms. The zero-order valence-corrected chi connectivity index (χ0v) is 14.5. The number of hydrogen-bond donors (Lipinski definition) is 0. The number of hydrogen-bond acceptors (Lipinski definition) is 1. The van der Waals surface area contributed by atoms with Crippen LogP contribution < -0.4 is 0 Å². The van der Waals surface area contributed by atoms with Gasteiger partial charge in [-0.3, -0.25) is 0 Å². The Morgan fingerprint density at radius 3 is 2.60 bits per heavy atom. The second kappa shape index (κ2) is 6.76. The summed E-state index contributed by atoms with van der Waals surface area (Å²) in [5, 5.41) is 0. The summed E-state index contributed by atoms with van der Waals surface area (Å²) >= 11 is 1.96. The average molecular weight is 288 g/mol. The molecule has 0 aromatic carbocycles. The monoisotopic (exact) mass is 288 g/mol. The van der Waals surface area contributed by atoms with E-state index in [2.05, 4.69) is 46.8 Å². The molecule has 0 N–H and O–H groups in total. The summed E-state index contributed by atoms with van der Waals surface area (Å²) in [6.45, 7) is 11.5. The molecule has 2 rings (SSSR count). The van der Waals surface area contributed by atoms with Gasteiger partial charge in [0.15, 0.2) is 0 Å². The lowest BCUT2D eigenvalue weighted by Gasteiger charge is -2.22. The van der Waals surface area contributed by atoms with Crippen molar-refractivity contribution in [2.24, 2.45) is 5.92 Å². The van der Waals surface area contributed by atoms with Crippen LogP contribution in [0, 0.1) is 12.8 Å². The van der Waals surface area contributed by atoms with E-state index in [1.807, 2.05) is 11.3 Å². The molecule has 1 heterocycles. The van der Waals surface area contributed by atoms with Crippen molar-refractivity contribution in [3.05, 3.63) is 38.6 Å². The fourth-order valence-electron chi connectivity index (χ4n) is 3.23. The first-order valence-corrected chi connectivity index (χ1v) is 8.87. The molecule has 1 unspecified atom stereocenters. The highest BCUT2D eigenvalue weighted by Crippen LogP contribution is 2.36. The molecule has 0 nitrogen and oxygen atoms in total. The molecule has 1 aromatic rings. The SMILES string of the molecule is CCC(C1=CCC(C)CC1)=C(C)c1cc(CC)sc1C. The number of rotatable bonds is 4. The van der Waals surface area contributed by atoms with Gasteiger partial charge in [-0.1, -0.05) is 26.8 Å². The standard InChI is InChI=1S/C19H28S/c1-6-17-12-19(15(5)20-17)14(4)18(7-2)16-10-8-13(3)9-11-16/h10,12-13H,6-9,11H2,1-5H3. The van der Waals surface area contributed by atoms with E-state index in [4.69, 9.17) is 0 Å². The van der Waals surface area contributed by atoms with Crippen molar-refractivity contribution >= 4 is 16.9 Å². The summed E-state index contributed by atoms with van der Waals surface area (Å²) in [5.41, 5.74) is 6.22. The maximum absolute atomic E-state index is 2.50. The van der Waals surface area contributed by atoms with Crippen LogP contribution in [0.3, 0.4) is 0 Å². The van der Waals surface area contributed by atoms with Crippen LogP contribution in [0.25, 0.3) is 5.57 Å². The minimum atomic E-state index is 0.867. The van der Waals surface area contributed by atoms with Crippen LogP contribution >= 0.6 is 11.3 Å². The maximum atomic E-state index is 2.50. The summed E-state index contributed by atoms with van der Waals surface area (Å²) in [6, 6.07) is 2.41. The predicted octanol–water partition coefficient (Wildman–Crippen LogP) is 6.55. The Kier molecular flexibility index (Phi) is 5.26. The van der Waals surface area contributed by atoms with Gasteiger partial charge in [0.2, 0.25) is 0 Å². The highest BCUT2D eigenvalue weighted by atomic mass is 32.1. The molecule has 0 spiro atoms. The van der Waals surface area contributed by atoms with E-state index in [1.54, 1.807) is 11.1 Å². The first-order valence-electron chi connectivity index (χ1n) is 8.05. The van der Waals surface area contributed by atoms with E-state index in [-0.39, 0.29) is 0 Å². The van der Waals surface area contributed by atoms with Crippen molar-refractivity contribution < 1.29 is 0 Å². The second-order valence-electron chi connectivity index (χ2n) is 6.10. The highest BCUT2D eigenvalue weighted by Gasteiger charge is 2.16. The van der Waals surface area contributed by atoms with Crippen LogP contribution in [0.4, 0.5) is 0 Å². The molecule has 0 bridgehead atoms. The minimum absolute atomic E-state index is 0.867. The van der Waals surface area contributed by atoms with Gasteiger partial charge in [0.25, 0.3) is 0 Å². The molecular weight excluding hydrogens is 260 g/mol. The molecule has 1 aliphatic carbocycles. The van der Waals surface area contributed by atoms with Crippen LogP contribution in [0.5, 0.6) is 0 Å². The van der Waals surface area contributed by atoms with Crippen molar-refractivity contribution in [2.75, 3.05) is 0 Å². The van der Waals surface area contributed by atoms with E-state index in [0.717, 1.165) is 18.8 Å². The van der Waals surface area contributed by atoms with Gasteiger partial charge in [0, 0.05) is 9.75 Å². The molecule has 1 aromatic heterocycles. The van der Waals surface area contributed by atoms with Gasteiger partial charge in [-0.05, 0) is 80.2 Å². The van der Waals surface area contributed by atoms with Gasteiger partial charge in [0.05, 0.1) is 0 Å². The zero-order chi connectivity index (χ0) is 14.7. The van der Waals surface area contributed by atoms with E-state index in [0.29, 0.717) is 0 Å². The van der Waals surface area contributed by atoms with Crippen LogP contribution in [0.1, 0.15) is 68.7 Å². The third kappa shape index (κ3) is 3.25. The Morgan fingerprint density at radius 1 is 1.35 bits per heavy atom. The highest BCUT2D eigenvalue weighted by molar-refractivity contribution is 7.12. The molecule has 0 radical (unpaired) electrons. The lowest BCUT2D eigenvalue weighted by atomic mass is 9.84. The van der Waals surface area contributed by atoms with Gasteiger partial charge in [-0.25, -0.2) is 0 Å². The number of aryl methyl sites for hydroxylation is 2. The van der Waals surface area contributed by atoms with E-state index in [1.165, 1.54) is 40.2 Å². The minimum Gasteiger partial charge on any atom is -0.145 e. The molecule has 0 amide bonds. The van der Waals surface area contributed by atoms with Crippen molar-refractivity contribution in [3.8, 4) is 0 Å². The normalized spacial score (nSPS) is 20.6. The largest absolute Gasteiger partial charge is 0.145 e. The van der Waals surface area contributed by atoms with Gasteiger partial charge < -0.3 is 0 Å². The third-order valence-corrected chi connectivity index (χ3v) is 5.78. The molecule has 110 valence electrons. The molecule has 1 atom stereocenters. The summed E-state index contributed by atoms with van der Waals surface area (Å²) < 4.78 is 0. The topological polar surface area (TPSA) is 0 Å². The van der Waals surface area contributed by atoms with Gasteiger partial charge >= 0.3 is 0 Å². The first kappa shape index (κ1) is 15.6. The lowest BCUT2D eigenvalue weighted by Crippen LogP contribution is -2.04. The number of allylic oxidation sites excluding steroid dienone is 4. The van der Waals surface area contributed by atoms with E-state index < -0.39 is 0 Å². The van der Waals surface area contributed by atoms with Crippen molar-refractivity contribution in [3.63, 3.8) is 0 Å². The molecule has 1 aliphatic rings. The summed E-state index contributed by atoms with van der Waals surface area (Å²) in [4.78, 5) is 2.99. The van der Waals surface area contributed by atoms with Crippen molar-refractivity contribution in [1.82, 2.24) is 0 Å². The third-order valence-electron chi connectivity index (χ3n) is 4.59. The van der Waals surface area contributed by atoms with Crippen LogP contribution in [-0.4, -0.2) is 0 Å². The molecular formula is C19H28S. The van der Waals surface area contributed by atoms with Gasteiger partial charge in [0.1, 0.15) is 0 Å². The Morgan fingerprint density at radius 2 is 2.10 bits per heavy atom. The molecule has 0 saturated carbocycles. The fraction of sp³-hybridized carbons (Fsp3) is 0.579. The van der Waals surface area contributed by atoms with Gasteiger partial charge in [-0.2, -0.15) is 0 Å². The Bertz CT molecular complexity index is 528. The van der Waals surface area contributed by atoms with Crippen LogP contribution in [0.15, 0.2) is 23.3 Å². The van der Waals surface area contributed by atoms with Gasteiger partial charge in [-0.15, -0.1) is 11.3 Å².